The number of para-hydroxylation sites is 1. The molecule has 4 N–H and O–H groups in total. The molecular formula is C12H20N2O3S2. The first-order chi connectivity index (χ1) is 8.98. The largest absolute Gasteiger partial charge is 0.398 e. The van der Waals surface area contributed by atoms with Crippen molar-refractivity contribution < 1.29 is 13.5 Å². The molecule has 0 aliphatic heterocycles. The van der Waals surface area contributed by atoms with Gasteiger partial charge in [0.25, 0.3) is 0 Å². The average Bonchev–Trinajstić information content (AvgIpc) is 2.38. The highest BCUT2D eigenvalue weighted by atomic mass is 32.2. The van der Waals surface area contributed by atoms with Crippen molar-refractivity contribution in [1.29, 1.82) is 0 Å². The summed E-state index contributed by atoms with van der Waals surface area (Å²) in [5.74, 6) is 0.425. The Bertz CT molecular complexity index is 488. The number of sulfonamides is 1. The molecule has 1 rings (SSSR count). The van der Waals surface area contributed by atoms with Crippen molar-refractivity contribution in [1.82, 2.24) is 4.72 Å². The number of rotatable bonds is 8. The molecule has 108 valence electrons. The van der Waals surface area contributed by atoms with E-state index in [0.717, 1.165) is 4.90 Å². The first kappa shape index (κ1) is 16.3. The zero-order valence-electron chi connectivity index (χ0n) is 10.9. The highest BCUT2D eigenvalue weighted by Gasteiger charge is 2.15. The molecule has 19 heavy (non-hydrogen) atoms. The van der Waals surface area contributed by atoms with E-state index in [1.807, 2.05) is 25.1 Å². The maximum Gasteiger partial charge on any atom is 0.212 e. The van der Waals surface area contributed by atoms with Crippen LogP contribution >= 0.6 is 11.8 Å². The third-order valence-corrected chi connectivity index (χ3v) is 5.37. The molecular weight excluding hydrogens is 284 g/mol. The summed E-state index contributed by atoms with van der Waals surface area (Å²) in [6, 6.07) is 6.95. The first-order valence-corrected chi connectivity index (χ1v) is 8.70. The minimum atomic E-state index is -3.36. The van der Waals surface area contributed by atoms with Crippen LogP contribution in [0, 0.1) is 0 Å². The van der Waals surface area contributed by atoms with Gasteiger partial charge in [-0.2, -0.15) is 0 Å². The van der Waals surface area contributed by atoms with Crippen LogP contribution in [0.25, 0.3) is 0 Å². The summed E-state index contributed by atoms with van der Waals surface area (Å²) < 4.78 is 26.0. The van der Waals surface area contributed by atoms with E-state index >= 15 is 0 Å². The Morgan fingerprint density at radius 3 is 2.68 bits per heavy atom. The minimum absolute atomic E-state index is 0.00248. The molecule has 0 saturated carbocycles. The summed E-state index contributed by atoms with van der Waals surface area (Å²) in [6.45, 7) is 1.64. The van der Waals surface area contributed by atoms with Gasteiger partial charge in [0.1, 0.15) is 0 Å². The van der Waals surface area contributed by atoms with Crippen molar-refractivity contribution in [2.24, 2.45) is 0 Å². The molecule has 0 saturated heterocycles. The minimum Gasteiger partial charge on any atom is -0.398 e. The molecule has 0 aliphatic carbocycles. The number of nitrogen functional groups attached to an aromatic ring is 1. The Balaban J connectivity index is 2.46. The third kappa shape index (κ3) is 5.82. The number of benzene rings is 1. The van der Waals surface area contributed by atoms with Crippen LogP contribution in [-0.4, -0.2) is 37.7 Å². The topological polar surface area (TPSA) is 92.4 Å². The van der Waals surface area contributed by atoms with E-state index in [4.69, 9.17) is 10.8 Å². The monoisotopic (exact) mass is 304 g/mol. The lowest BCUT2D eigenvalue weighted by molar-refractivity contribution is 0.254. The van der Waals surface area contributed by atoms with Gasteiger partial charge in [0.2, 0.25) is 10.0 Å². The number of aliphatic hydroxyl groups is 1. The Hall–Kier alpha value is -0.760. The first-order valence-electron chi connectivity index (χ1n) is 6.06. The Kier molecular flexibility index (Phi) is 6.64. The lowest BCUT2D eigenvalue weighted by atomic mass is 10.3. The van der Waals surface area contributed by atoms with Gasteiger partial charge in [-0.1, -0.05) is 19.1 Å². The Labute approximate surface area is 118 Å². The smallest absolute Gasteiger partial charge is 0.212 e. The van der Waals surface area contributed by atoms with Crippen LogP contribution in [0.1, 0.15) is 13.3 Å². The van der Waals surface area contributed by atoms with Crippen molar-refractivity contribution in [3.8, 4) is 0 Å². The van der Waals surface area contributed by atoms with E-state index in [-0.39, 0.29) is 12.4 Å². The zero-order chi connectivity index (χ0) is 14.3. The summed E-state index contributed by atoms with van der Waals surface area (Å²) in [4.78, 5) is 0.881. The molecule has 0 aromatic heterocycles. The molecule has 0 spiro atoms. The fourth-order valence-electron chi connectivity index (χ4n) is 1.44. The molecule has 1 aromatic carbocycles. The van der Waals surface area contributed by atoms with Crippen molar-refractivity contribution in [3.05, 3.63) is 24.3 Å². The summed E-state index contributed by atoms with van der Waals surface area (Å²) in [6.07, 6.45) is 0.564. The summed E-state index contributed by atoms with van der Waals surface area (Å²) in [5, 5.41) is 8.98. The summed E-state index contributed by atoms with van der Waals surface area (Å²) in [5.41, 5.74) is 6.43. The number of thioether (sulfide) groups is 1. The van der Waals surface area contributed by atoms with Gasteiger partial charge in [0, 0.05) is 22.4 Å². The molecule has 0 fully saturated rings. The van der Waals surface area contributed by atoms with Gasteiger partial charge in [0.05, 0.1) is 12.4 Å². The third-order valence-electron chi connectivity index (χ3n) is 2.59. The molecule has 0 radical (unpaired) electrons. The van der Waals surface area contributed by atoms with Gasteiger partial charge in [-0.15, -0.1) is 11.8 Å². The second kappa shape index (κ2) is 7.74. The molecule has 1 aromatic rings. The van der Waals surface area contributed by atoms with Crippen LogP contribution in [-0.2, 0) is 10.0 Å². The number of nitrogens with two attached hydrogens (primary N) is 1. The molecule has 5 nitrogen and oxygen atoms in total. The molecule has 0 amide bonds. The fourth-order valence-corrected chi connectivity index (χ4v) is 4.14. The second-order valence-electron chi connectivity index (χ2n) is 4.11. The van der Waals surface area contributed by atoms with Crippen molar-refractivity contribution >= 4 is 27.5 Å². The van der Waals surface area contributed by atoms with Crippen molar-refractivity contribution in [2.45, 2.75) is 24.3 Å². The molecule has 1 atom stereocenters. The summed E-state index contributed by atoms with van der Waals surface area (Å²) >= 11 is 1.41. The van der Waals surface area contributed by atoms with E-state index in [1.54, 1.807) is 6.07 Å². The summed E-state index contributed by atoms with van der Waals surface area (Å²) in [7, 11) is -3.36. The number of hydrogen-bond acceptors (Lipinski definition) is 5. The molecule has 0 heterocycles. The fraction of sp³-hybridized carbons (Fsp3) is 0.500. The molecule has 0 aliphatic rings. The molecule has 1 unspecified atom stereocenters. The van der Waals surface area contributed by atoms with Crippen LogP contribution in [0.15, 0.2) is 29.2 Å². The lowest BCUT2D eigenvalue weighted by Gasteiger charge is -2.14. The standard InChI is InChI=1S/C12H20N2O3S2/c1-2-10(9-15)14-19(16,17)8-7-18-12-6-4-3-5-11(12)13/h3-6,10,14-15H,2,7-9,13H2,1H3. The van der Waals surface area contributed by atoms with Crippen LogP contribution in [0.5, 0.6) is 0 Å². The van der Waals surface area contributed by atoms with Crippen LogP contribution in [0.4, 0.5) is 5.69 Å². The Morgan fingerprint density at radius 2 is 2.11 bits per heavy atom. The predicted molar refractivity (Wildman–Crippen MR) is 79.7 cm³/mol. The predicted octanol–water partition coefficient (Wildman–Crippen LogP) is 1.05. The van der Waals surface area contributed by atoms with Crippen molar-refractivity contribution in [3.63, 3.8) is 0 Å². The average molecular weight is 304 g/mol. The van der Waals surface area contributed by atoms with E-state index in [2.05, 4.69) is 4.72 Å². The van der Waals surface area contributed by atoms with Crippen LogP contribution in [0.2, 0.25) is 0 Å². The Morgan fingerprint density at radius 1 is 1.42 bits per heavy atom. The normalized spacial score (nSPS) is 13.4. The lowest BCUT2D eigenvalue weighted by Crippen LogP contribution is -2.38. The highest BCUT2D eigenvalue weighted by molar-refractivity contribution is 8.00. The van der Waals surface area contributed by atoms with Gasteiger partial charge in [-0.3, -0.25) is 0 Å². The van der Waals surface area contributed by atoms with Gasteiger partial charge >= 0.3 is 0 Å². The van der Waals surface area contributed by atoms with Crippen LogP contribution < -0.4 is 10.5 Å². The number of hydrogen-bond donors (Lipinski definition) is 3. The number of aliphatic hydroxyl groups excluding tert-OH is 1. The van der Waals surface area contributed by atoms with E-state index < -0.39 is 16.1 Å². The van der Waals surface area contributed by atoms with Crippen LogP contribution in [0.3, 0.4) is 0 Å². The highest BCUT2D eigenvalue weighted by Crippen LogP contribution is 2.24. The zero-order valence-corrected chi connectivity index (χ0v) is 12.5. The molecule has 7 heteroatoms. The maximum absolute atomic E-state index is 11.8. The van der Waals surface area contributed by atoms with E-state index in [0.29, 0.717) is 17.9 Å². The van der Waals surface area contributed by atoms with Gasteiger partial charge < -0.3 is 10.8 Å². The quantitative estimate of drug-likeness (QED) is 0.493. The van der Waals surface area contributed by atoms with Crippen molar-refractivity contribution in [2.75, 3.05) is 23.8 Å². The van der Waals surface area contributed by atoms with Gasteiger partial charge in [0.15, 0.2) is 0 Å². The SMILES string of the molecule is CCC(CO)NS(=O)(=O)CCSc1ccccc1N. The number of nitrogens with one attached hydrogen (secondary N) is 1. The van der Waals surface area contributed by atoms with E-state index in [9.17, 15) is 8.42 Å². The van der Waals surface area contributed by atoms with Gasteiger partial charge in [-0.25, -0.2) is 13.1 Å². The van der Waals surface area contributed by atoms with Gasteiger partial charge in [-0.05, 0) is 18.6 Å². The second-order valence-corrected chi connectivity index (χ2v) is 7.12. The maximum atomic E-state index is 11.8. The molecule has 0 bridgehead atoms. The number of anilines is 1. The van der Waals surface area contributed by atoms with E-state index in [1.165, 1.54) is 11.8 Å².